The molecule has 0 amide bonds. The Labute approximate surface area is 110 Å². The third-order valence-corrected chi connectivity index (χ3v) is 4.06. The van der Waals surface area contributed by atoms with Crippen molar-refractivity contribution in [1.82, 2.24) is 4.48 Å². The van der Waals surface area contributed by atoms with Gasteiger partial charge < -0.3 is 14.6 Å². The van der Waals surface area contributed by atoms with Crippen molar-refractivity contribution in [3.63, 3.8) is 0 Å². The molecule has 0 saturated carbocycles. The van der Waals surface area contributed by atoms with E-state index >= 15 is 0 Å². The summed E-state index contributed by atoms with van der Waals surface area (Å²) in [6.45, 7) is 3.67. The third kappa shape index (κ3) is 2.98. The summed E-state index contributed by atoms with van der Waals surface area (Å²) in [5.74, 6) is 0.210. The predicted octanol–water partition coefficient (Wildman–Crippen LogP) is 2.42. The fourth-order valence-electron chi connectivity index (χ4n) is 3.01. The lowest BCUT2D eigenvalue weighted by molar-refractivity contribution is 0.155. The van der Waals surface area contributed by atoms with E-state index in [1.165, 1.54) is 36.9 Å². The number of rotatable bonds is 2. The van der Waals surface area contributed by atoms with Gasteiger partial charge in [-0.3, -0.25) is 0 Å². The molecule has 1 aliphatic carbocycles. The van der Waals surface area contributed by atoms with Crippen LogP contribution in [0.1, 0.15) is 56.2 Å². The Bertz CT molecular complexity index is 387. The van der Waals surface area contributed by atoms with Crippen LogP contribution in [0.4, 0.5) is 0 Å². The van der Waals surface area contributed by atoms with Gasteiger partial charge in [-0.15, -0.1) is 0 Å². The monoisotopic (exact) mass is 249 g/mol. The first-order valence-electron chi connectivity index (χ1n) is 7.16. The van der Waals surface area contributed by atoms with Crippen LogP contribution in [0.5, 0.6) is 0 Å². The molecule has 0 fully saturated rings. The lowest BCUT2D eigenvalue weighted by Crippen LogP contribution is -2.21. The molecule has 18 heavy (non-hydrogen) atoms. The number of aromatic nitrogens is 1. The second-order valence-electron chi connectivity index (χ2n) is 5.60. The van der Waals surface area contributed by atoms with Gasteiger partial charge in [-0.1, -0.05) is 19.3 Å². The minimum atomic E-state index is -0.482. The predicted molar refractivity (Wildman–Crippen MR) is 74.9 cm³/mol. The molecular weight excluding hydrogens is 225 g/mol. The summed E-state index contributed by atoms with van der Waals surface area (Å²) in [5, 5.41) is 19.8. The lowest BCUT2D eigenvalue weighted by Gasteiger charge is -2.19. The summed E-state index contributed by atoms with van der Waals surface area (Å²) in [6, 6.07) is 2.18. The van der Waals surface area contributed by atoms with Crippen LogP contribution in [0, 0.1) is 0 Å². The number of nitrogens with zero attached hydrogens (tertiary/aromatic N) is 1. The zero-order chi connectivity index (χ0) is 13.1. The van der Waals surface area contributed by atoms with Crippen molar-refractivity contribution in [2.45, 2.75) is 64.3 Å². The van der Waals surface area contributed by atoms with Crippen molar-refractivity contribution in [2.24, 2.45) is 0 Å². The summed E-state index contributed by atoms with van der Waals surface area (Å²) in [5.41, 5.74) is 2.38. The summed E-state index contributed by atoms with van der Waals surface area (Å²) in [7, 11) is -0.482. The average Bonchev–Trinajstić information content (AvgIpc) is 2.70. The van der Waals surface area contributed by atoms with Crippen molar-refractivity contribution in [3.05, 3.63) is 23.5 Å². The second-order valence-corrected chi connectivity index (χ2v) is 5.60. The highest BCUT2D eigenvalue weighted by atomic mass is 16.3. The summed E-state index contributed by atoms with van der Waals surface area (Å²) >= 11 is 0. The third-order valence-electron chi connectivity index (χ3n) is 4.06. The van der Waals surface area contributed by atoms with E-state index in [-0.39, 0.29) is 12.0 Å². The first-order valence-corrected chi connectivity index (χ1v) is 7.16. The van der Waals surface area contributed by atoms with Gasteiger partial charge in [0.2, 0.25) is 0 Å². The summed E-state index contributed by atoms with van der Waals surface area (Å²) in [6.07, 6.45) is 8.65. The number of hydrogen-bond acceptors (Lipinski definition) is 2. The van der Waals surface area contributed by atoms with Crippen molar-refractivity contribution in [1.29, 1.82) is 0 Å². The standard InChI is InChI=1S/C14H24BNO2/c1-11(17)14-8-6-4-3-5-7-13-9-12(14)10-16(13)15(2)18/h9-11,14,17-18H,3-8H2,1-2H3. The molecule has 0 spiro atoms. The first kappa shape index (κ1) is 13.7. The molecule has 2 rings (SSSR count). The van der Waals surface area contributed by atoms with E-state index in [4.69, 9.17) is 0 Å². The van der Waals surface area contributed by atoms with Gasteiger partial charge in [-0.25, -0.2) is 0 Å². The smallest absolute Gasteiger partial charge is 0.413 e. The number of hydrogen-bond donors (Lipinski definition) is 2. The van der Waals surface area contributed by atoms with E-state index < -0.39 is 7.05 Å². The molecule has 2 atom stereocenters. The van der Waals surface area contributed by atoms with Gasteiger partial charge in [-0.2, -0.15) is 0 Å². The fourth-order valence-corrected chi connectivity index (χ4v) is 3.01. The van der Waals surface area contributed by atoms with Crippen molar-refractivity contribution < 1.29 is 10.1 Å². The summed E-state index contributed by atoms with van der Waals surface area (Å²) in [4.78, 5) is 0. The van der Waals surface area contributed by atoms with Crippen molar-refractivity contribution in [3.8, 4) is 0 Å². The van der Waals surface area contributed by atoms with Crippen LogP contribution in [0.25, 0.3) is 0 Å². The van der Waals surface area contributed by atoms with E-state index in [1.54, 1.807) is 6.82 Å². The molecule has 1 aromatic heterocycles. The number of fused-ring (bicyclic) bond motifs is 2. The summed E-state index contributed by atoms with van der Waals surface area (Å²) < 4.78 is 1.95. The molecule has 3 nitrogen and oxygen atoms in total. The van der Waals surface area contributed by atoms with Crippen molar-refractivity contribution >= 4 is 7.05 Å². The SMILES string of the molecule is CB(O)n1cc2cc1CCCCCCC2C(C)O. The van der Waals surface area contributed by atoms with Crippen LogP contribution in [-0.2, 0) is 6.42 Å². The van der Waals surface area contributed by atoms with E-state index in [0.29, 0.717) is 0 Å². The van der Waals surface area contributed by atoms with E-state index in [9.17, 15) is 10.1 Å². The Kier molecular flexibility index (Phi) is 4.52. The molecule has 4 heteroatoms. The molecule has 2 N–H and O–H groups in total. The van der Waals surface area contributed by atoms with Gasteiger partial charge in [0.25, 0.3) is 0 Å². The van der Waals surface area contributed by atoms with Crippen LogP contribution in [0.2, 0.25) is 6.82 Å². The highest BCUT2D eigenvalue weighted by Gasteiger charge is 2.22. The maximum Gasteiger partial charge on any atom is 0.413 e. The van der Waals surface area contributed by atoms with E-state index in [0.717, 1.165) is 12.8 Å². The highest BCUT2D eigenvalue weighted by Crippen LogP contribution is 2.30. The molecule has 0 aromatic carbocycles. The molecule has 1 heterocycles. The normalized spacial score (nSPS) is 22.6. The van der Waals surface area contributed by atoms with Gasteiger partial charge in [0.05, 0.1) is 6.10 Å². The molecule has 0 aliphatic heterocycles. The Morgan fingerprint density at radius 3 is 2.72 bits per heavy atom. The van der Waals surface area contributed by atoms with Crippen LogP contribution < -0.4 is 0 Å². The van der Waals surface area contributed by atoms with Crippen molar-refractivity contribution in [2.75, 3.05) is 0 Å². The zero-order valence-corrected chi connectivity index (χ0v) is 11.5. The highest BCUT2D eigenvalue weighted by molar-refractivity contribution is 6.46. The molecule has 0 radical (unpaired) electrons. The Morgan fingerprint density at radius 2 is 2.06 bits per heavy atom. The fraction of sp³-hybridized carbons (Fsp3) is 0.714. The minimum Gasteiger partial charge on any atom is -0.432 e. The van der Waals surface area contributed by atoms with Crippen LogP contribution >= 0.6 is 0 Å². The Morgan fingerprint density at radius 1 is 1.33 bits per heavy atom. The van der Waals surface area contributed by atoms with Crippen LogP contribution in [0.15, 0.2) is 12.3 Å². The number of aliphatic hydroxyl groups is 1. The van der Waals surface area contributed by atoms with Gasteiger partial charge in [0, 0.05) is 11.6 Å². The molecule has 0 saturated heterocycles. The molecule has 1 aliphatic rings. The zero-order valence-electron chi connectivity index (χ0n) is 11.5. The van der Waals surface area contributed by atoms with E-state index in [1.807, 2.05) is 17.6 Å². The molecule has 2 bridgehead atoms. The average molecular weight is 249 g/mol. The van der Waals surface area contributed by atoms with Gasteiger partial charge >= 0.3 is 7.05 Å². The first-order chi connectivity index (χ1) is 8.59. The second kappa shape index (κ2) is 5.94. The quantitative estimate of drug-likeness (QED) is 0.790. The molecular formula is C14H24BNO2. The van der Waals surface area contributed by atoms with Gasteiger partial charge in [-0.05, 0) is 50.8 Å². The van der Waals surface area contributed by atoms with Gasteiger partial charge in [0.15, 0.2) is 0 Å². The molecule has 100 valence electrons. The van der Waals surface area contributed by atoms with E-state index in [2.05, 4.69) is 6.07 Å². The Hall–Kier alpha value is -0.735. The Balaban J connectivity index is 2.33. The molecule has 1 aromatic rings. The lowest BCUT2D eigenvalue weighted by atomic mass is 9.87. The van der Waals surface area contributed by atoms with Crippen LogP contribution in [0.3, 0.4) is 0 Å². The maximum absolute atomic E-state index is 9.95. The number of aryl methyl sites for hydroxylation is 1. The largest absolute Gasteiger partial charge is 0.432 e. The molecule has 2 unspecified atom stereocenters. The van der Waals surface area contributed by atoms with Crippen LogP contribution in [-0.4, -0.2) is 27.8 Å². The number of aliphatic hydroxyl groups excluding tert-OH is 1. The topological polar surface area (TPSA) is 45.4 Å². The minimum absolute atomic E-state index is 0.210. The maximum atomic E-state index is 9.95. The van der Waals surface area contributed by atoms with Gasteiger partial charge in [0.1, 0.15) is 0 Å².